The van der Waals surface area contributed by atoms with Gasteiger partial charge in [-0.25, -0.2) is 0 Å². The number of hydrogen-bond acceptors (Lipinski definition) is 4. The Morgan fingerprint density at radius 1 is 1.50 bits per heavy atom. The number of aliphatic hydroxyl groups is 1. The van der Waals surface area contributed by atoms with Crippen LogP contribution in [0.1, 0.15) is 32.1 Å². The summed E-state index contributed by atoms with van der Waals surface area (Å²) in [6, 6.07) is 1.08. The van der Waals surface area contributed by atoms with Gasteiger partial charge in [0.25, 0.3) is 0 Å². The van der Waals surface area contributed by atoms with E-state index in [1.165, 1.54) is 19.3 Å². The molecule has 1 saturated carbocycles. The third-order valence-corrected chi connectivity index (χ3v) is 3.47. The summed E-state index contributed by atoms with van der Waals surface area (Å²) < 4.78 is 5.28. The van der Waals surface area contributed by atoms with E-state index in [4.69, 9.17) is 15.6 Å². The quantitative estimate of drug-likeness (QED) is 0.608. The summed E-state index contributed by atoms with van der Waals surface area (Å²) in [5, 5.41) is 9.14. The molecule has 1 aliphatic rings. The zero-order valence-electron chi connectivity index (χ0n) is 10.4. The highest BCUT2D eigenvalue weighted by atomic mass is 16.5. The van der Waals surface area contributed by atoms with Crippen LogP contribution < -0.4 is 5.73 Å². The fourth-order valence-corrected chi connectivity index (χ4v) is 2.39. The van der Waals surface area contributed by atoms with E-state index in [9.17, 15) is 0 Å². The fourth-order valence-electron chi connectivity index (χ4n) is 2.39. The summed E-state index contributed by atoms with van der Waals surface area (Å²) in [4.78, 5) is 2.42. The molecule has 0 aromatic rings. The van der Waals surface area contributed by atoms with E-state index >= 15 is 0 Å². The van der Waals surface area contributed by atoms with Crippen LogP contribution in [0.2, 0.25) is 0 Å². The molecule has 1 fully saturated rings. The van der Waals surface area contributed by atoms with Gasteiger partial charge in [0, 0.05) is 25.7 Å². The number of ether oxygens (including phenoxy) is 1. The van der Waals surface area contributed by atoms with Gasteiger partial charge in [0.1, 0.15) is 0 Å². The normalized spacial score (nSPS) is 18.8. The summed E-state index contributed by atoms with van der Waals surface area (Å²) in [5.74, 6) is 0. The molecule has 0 saturated heterocycles. The standard InChI is InChI=1S/C12H26N2O2/c1-16-10-12(6-3-7-13)14(8-9-15)11-4-2-5-11/h11-12,15H,2-10,13H2,1H3. The first kappa shape index (κ1) is 13.9. The molecular weight excluding hydrogens is 204 g/mol. The van der Waals surface area contributed by atoms with Crippen molar-refractivity contribution in [3.8, 4) is 0 Å². The Kier molecular flexibility index (Phi) is 6.96. The van der Waals surface area contributed by atoms with Gasteiger partial charge in [-0.05, 0) is 32.2 Å². The first-order chi connectivity index (χ1) is 7.83. The second kappa shape index (κ2) is 8.01. The first-order valence-electron chi connectivity index (χ1n) is 6.39. The minimum Gasteiger partial charge on any atom is -0.395 e. The van der Waals surface area contributed by atoms with E-state index in [0.29, 0.717) is 12.1 Å². The number of nitrogens with two attached hydrogens (primary N) is 1. The molecule has 0 heterocycles. The monoisotopic (exact) mass is 230 g/mol. The Morgan fingerprint density at radius 3 is 2.69 bits per heavy atom. The van der Waals surface area contributed by atoms with Crippen molar-refractivity contribution in [3.63, 3.8) is 0 Å². The molecule has 1 unspecified atom stereocenters. The molecule has 4 heteroatoms. The topological polar surface area (TPSA) is 58.7 Å². The summed E-state index contributed by atoms with van der Waals surface area (Å²) in [6.07, 6.45) is 5.96. The lowest BCUT2D eigenvalue weighted by Gasteiger charge is -2.42. The van der Waals surface area contributed by atoms with E-state index in [0.717, 1.165) is 32.5 Å². The van der Waals surface area contributed by atoms with Crippen LogP contribution in [0.25, 0.3) is 0 Å². The second-order valence-electron chi connectivity index (χ2n) is 4.59. The molecular formula is C12H26N2O2. The molecule has 0 amide bonds. The summed E-state index contributed by atoms with van der Waals surface area (Å²) in [5.41, 5.74) is 5.56. The summed E-state index contributed by atoms with van der Waals surface area (Å²) in [6.45, 7) is 2.48. The molecule has 1 atom stereocenters. The highest BCUT2D eigenvalue weighted by molar-refractivity contribution is 4.85. The zero-order valence-corrected chi connectivity index (χ0v) is 10.4. The Hall–Kier alpha value is -0.160. The number of nitrogens with zero attached hydrogens (tertiary/aromatic N) is 1. The van der Waals surface area contributed by atoms with Gasteiger partial charge in [0.15, 0.2) is 0 Å². The molecule has 3 N–H and O–H groups in total. The molecule has 0 spiro atoms. The molecule has 0 radical (unpaired) electrons. The van der Waals surface area contributed by atoms with Gasteiger partial charge in [0.2, 0.25) is 0 Å². The van der Waals surface area contributed by atoms with E-state index in [2.05, 4.69) is 4.90 Å². The second-order valence-corrected chi connectivity index (χ2v) is 4.59. The number of hydrogen-bond donors (Lipinski definition) is 2. The van der Waals surface area contributed by atoms with E-state index in [1.54, 1.807) is 7.11 Å². The van der Waals surface area contributed by atoms with Gasteiger partial charge in [-0.1, -0.05) is 6.42 Å². The van der Waals surface area contributed by atoms with Gasteiger partial charge in [-0.3, -0.25) is 4.90 Å². The highest BCUT2D eigenvalue weighted by Crippen LogP contribution is 2.27. The Balaban J connectivity index is 2.46. The van der Waals surface area contributed by atoms with Crippen LogP contribution in [0, 0.1) is 0 Å². The van der Waals surface area contributed by atoms with Crippen molar-refractivity contribution in [2.45, 2.75) is 44.2 Å². The lowest BCUT2D eigenvalue weighted by molar-refractivity contribution is 0.0165. The zero-order chi connectivity index (χ0) is 11.8. The van der Waals surface area contributed by atoms with Gasteiger partial charge < -0.3 is 15.6 Å². The van der Waals surface area contributed by atoms with E-state index in [1.807, 2.05) is 0 Å². The molecule has 1 aliphatic carbocycles. The van der Waals surface area contributed by atoms with Crippen LogP contribution in [0.3, 0.4) is 0 Å². The molecule has 0 aromatic carbocycles. The van der Waals surface area contributed by atoms with Crippen LogP contribution in [0.5, 0.6) is 0 Å². The van der Waals surface area contributed by atoms with Crippen molar-refractivity contribution < 1.29 is 9.84 Å². The maximum absolute atomic E-state index is 9.14. The Bertz CT molecular complexity index is 174. The van der Waals surface area contributed by atoms with E-state index < -0.39 is 0 Å². The van der Waals surface area contributed by atoms with Crippen molar-refractivity contribution >= 4 is 0 Å². The average Bonchev–Trinajstić information content (AvgIpc) is 2.21. The SMILES string of the molecule is COCC(CCCN)N(CCO)C1CCC1. The van der Waals surface area contributed by atoms with Crippen LogP contribution >= 0.6 is 0 Å². The third kappa shape index (κ3) is 4.01. The van der Waals surface area contributed by atoms with E-state index in [-0.39, 0.29) is 6.61 Å². The lowest BCUT2D eigenvalue weighted by atomic mass is 9.89. The van der Waals surface area contributed by atoms with Crippen molar-refractivity contribution in [2.24, 2.45) is 5.73 Å². The largest absolute Gasteiger partial charge is 0.395 e. The molecule has 4 nitrogen and oxygen atoms in total. The van der Waals surface area contributed by atoms with Gasteiger partial charge in [-0.15, -0.1) is 0 Å². The first-order valence-corrected chi connectivity index (χ1v) is 6.39. The molecule has 96 valence electrons. The van der Waals surface area contributed by atoms with Crippen LogP contribution in [-0.2, 0) is 4.74 Å². The van der Waals surface area contributed by atoms with Crippen LogP contribution in [0.4, 0.5) is 0 Å². The molecule has 0 bridgehead atoms. The summed E-state index contributed by atoms with van der Waals surface area (Å²) >= 11 is 0. The number of rotatable bonds is 9. The van der Waals surface area contributed by atoms with Gasteiger partial charge in [-0.2, -0.15) is 0 Å². The average molecular weight is 230 g/mol. The van der Waals surface area contributed by atoms with Crippen molar-refractivity contribution in [2.75, 3.05) is 33.4 Å². The predicted octanol–water partition coefficient (Wildman–Crippen LogP) is 0.587. The van der Waals surface area contributed by atoms with Crippen molar-refractivity contribution in [1.29, 1.82) is 0 Å². The molecule has 0 aromatic heterocycles. The van der Waals surface area contributed by atoms with Crippen LogP contribution in [0.15, 0.2) is 0 Å². The van der Waals surface area contributed by atoms with Gasteiger partial charge >= 0.3 is 0 Å². The Morgan fingerprint density at radius 2 is 2.25 bits per heavy atom. The molecule has 16 heavy (non-hydrogen) atoms. The predicted molar refractivity (Wildman–Crippen MR) is 65.4 cm³/mol. The maximum Gasteiger partial charge on any atom is 0.0618 e. The highest BCUT2D eigenvalue weighted by Gasteiger charge is 2.29. The van der Waals surface area contributed by atoms with Crippen LogP contribution in [-0.4, -0.2) is 55.5 Å². The minimum atomic E-state index is 0.235. The maximum atomic E-state index is 9.14. The minimum absolute atomic E-state index is 0.235. The number of aliphatic hydroxyl groups excluding tert-OH is 1. The fraction of sp³-hybridized carbons (Fsp3) is 1.00. The smallest absolute Gasteiger partial charge is 0.0618 e. The van der Waals surface area contributed by atoms with Gasteiger partial charge in [0.05, 0.1) is 13.2 Å². The lowest BCUT2D eigenvalue weighted by Crippen LogP contribution is -2.49. The van der Waals surface area contributed by atoms with Crippen molar-refractivity contribution in [1.82, 2.24) is 4.90 Å². The van der Waals surface area contributed by atoms with Crippen molar-refractivity contribution in [3.05, 3.63) is 0 Å². The Labute approximate surface area is 98.8 Å². The molecule has 1 rings (SSSR count). The summed E-state index contributed by atoms with van der Waals surface area (Å²) in [7, 11) is 1.74. The third-order valence-electron chi connectivity index (χ3n) is 3.47. The molecule has 0 aliphatic heterocycles. The number of methoxy groups -OCH3 is 1.